The Morgan fingerprint density at radius 2 is 1.75 bits per heavy atom. The first-order valence-corrected chi connectivity index (χ1v) is 5.17. The van der Waals surface area contributed by atoms with Gasteiger partial charge in [0, 0.05) is 25.4 Å². The van der Waals surface area contributed by atoms with Crippen LogP contribution >= 0.6 is 0 Å². The molecule has 0 amide bonds. The topological polar surface area (TPSA) is 49.3 Å². The van der Waals surface area contributed by atoms with Gasteiger partial charge in [0.15, 0.2) is 0 Å². The molecule has 4 nitrogen and oxygen atoms in total. The van der Waals surface area contributed by atoms with Gasteiger partial charge in [0.2, 0.25) is 11.8 Å². The van der Waals surface area contributed by atoms with Crippen LogP contribution < -0.4 is 4.90 Å². The van der Waals surface area contributed by atoms with Crippen LogP contribution in [0, 0.1) is 0 Å². The highest BCUT2D eigenvalue weighted by Gasteiger charge is 2.20. The van der Waals surface area contributed by atoms with Gasteiger partial charge in [-0.3, -0.25) is 0 Å². The molecule has 0 unspecified atom stereocenters. The molecule has 0 radical (unpaired) electrons. The molecule has 0 saturated heterocycles. The van der Waals surface area contributed by atoms with Crippen molar-refractivity contribution in [3.8, 4) is 5.88 Å². The highest BCUT2D eigenvalue weighted by molar-refractivity contribution is 5.43. The normalized spacial score (nSPS) is 13.9. The first-order chi connectivity index (χ1) is 7.83. The van der Waals surface area contributed by atoms with Gasteiger partial charge in [0.25, 0.3) is 0 Å². The average Bonchev–Trinajstić information content (AvgIpc) is 2.72. The number of aromatic nitrogens is 2. The van der Waals surface area contributed by atoms with Crippen molar-refractivity contribution in [1.82, 2.24) is 9.97 Å². The Labute approximate surface area is 93.2 Å². The highest BCUT2D eigenvalue weighted by atomic mass is 16.3. The second-order valence-electron chi connectivity index (χ2n) is 3.84. The molecule has 0 saturated carbocycles. The van der Waals surface area contributed by atoms with Crippen LogP contribution in [0.4, 0.5) is 5.95 Å². The Morgan fingerprint density at radius 1 is 1.06 bits per heavy atom. The van der Waals surface area contributed by atoms with Crippen molar-refractivity contribution in [2.75, 3.05) is 4.90 Å². The summed E-state index contributed by atoms with van der Waals surface area (Å²) in [7, 11) is 0. The van der Waals surface area contributed by atoms with Gasteiger partial charge in [-0.1, -0.05) is 24.3 Å². The van der Waals surface area contributed by atoms with Crippen LogP contribution in [0.15, 0.2) is 36.5 Å². The number of fused-ring (bicyclic) bond motifs is 1. The van der Waals surface area contributed by atoms with Crippen LogP contribution in [-0.2, 0) is 13.1 Å². The van der Waals surface area contributed by atoms with Gasteiger partial charge in [-0.25, -0.2) is 4.98 Å². The summed E-state index contributed by atoms with van der Waals surface area (Å²) in [6.07, 6.45) is 1.57. The Bertz CT molecular complexity index is 502. The first kappa shape index (κ1) is 9.15. The molecule has 0 atom stereocenters. The standard InChI is InChI=1S/C12H11N3O/c16-11-5-6-13-12(14-11)15-7-9-3-1-2-4-10(9)8-15/h1-6H,7-8H2,(H,13,14,16). The third kappa shape index (κ3) is 1.48. The van der Waals surface area contributed by atoms with E-state index < -0.39 is 0 Å². The molecule has 80 valence electrons. The van der Waals surface area contributed by atoms with E-state index in [1.807, 2.05) is 17.0 Å². The number of hydrogen-bond donors (Lipinski definition) is 1. The number of nitrogens with zero attached hydrogens (tertiary/aromatic N) is 3. The molecule has 4 heteroatoms. The molecule has 1 aromatic carbocycles. The predicted octanol–water partition coefficient (Wildman–Crippen LogP) is 1.70. The fourth-order valence-corrected chi connectivity index (χ4v) is 1.97. The number of anilines is 1. The fourth-order valence-electron chi connectivity index (χ4n) is 1.97. The van der Waals surface area contributed by atoms with Gasteiger partial charge < -0.3 is 10.0 Å². The van der Waals surface area contributed by atoms with Crippen LogP contribution in [0.5, 0.6) is 5.88 Å². The Morgan fingerprint density at radius 3 is 2.38 bits per heavy atom. The van der Waals surface area contributed by atoms with Gasteiger partial charge in [0.1, 0.15) is 0 Å². The molecule has 1 aliphatic rings. The lowest BCUT2D eigenvalue weighted by Crippen LogP contribution is -2.17. The summed E-state index contributed by atoms with van der Waals surface area (Å²) >= 11 is 0. The Balaban J connectivity index is 1.91. The molecule has 0 aliphatic carbocycles. The van der Waals surface area contributed by atoms with Crippen molar-refractivity contribution in [3.63, 3.8) is 0 Å². The molecule has 2 aromatic rings. The van der Waals surface area contributed by atoms with Crippen molar-refractivity contribution in [2.45, 2.75) is 13.1 Å². The third-order valence-electron chi connectivity index (χ3n) is 2.75. The molecule has 1 aromatic heterocycles. The number of rotatable bonds is 1. The Kier molecular flexibility index (Phi) is 1.99. The van der Waals surface area contributed by atoms with E-state index in [0.717, 1.165) is 13.1 Å². The lowest BCUT2D eigenvalue weighted by atomic mass is 10.1. The molecule has 0 spiro atoms. The zero-order valence-corrected chi connectivity index (χ0v) is 8.67. The predicted molar refractivity (Wildman–Crippen MR) is 60.0 cm³/mol. The minimum Gasteiger partial charge on any atom is -0.493 e. The summed E-state index contributed by atoms with van der Waals surface area (Å²) in [5, 5.41) is 9.31. The SMILES string of the molecule is Oc1ccnc(N2Cc3ccccc3C2)n1. The Hall–Kier alpha value is -2.10. The average molecular weight is 213 g/mol. The van der Waals surface area contributed by atoms with Crippen molar-refractivity contribution < 1.29 is 5.11 Å². The molecule has 3 rings (SSSR count). The summed E-state index contributed by atoms with van der Waals surface area (Å²) in [6.45, 7) is 1.61. The minimum atomic E-state index is 0.0148. The molecule has 1 aliphatic heterocycles. The largest absolute Gasteiger partial charge is 0.493 e. The lowest BCUT2D eigenvalue weighted by Gasteiger charge is -2.14. The maximum absolute atomic E-state index is 9.31. The summed E-state index contributed by atoms with van der Waals surface area (Å²) in [4.78, 5) is 10.2. The zero-order valence-electron chi connectivity index (χ0n) is 8.67. The minimum absolute atomic E-state index is 0.0148. The van der Waals surface area contributed by atoms with E-state index in [1.165, 1.54) is 17.2 Å². The second-order valence-corrected chi connectivity index (χ2v) is 3.84. The van der Waals surface area contributed by atoms with E-state index in [9.17, 15) is 5.11 Å². The van der Waals surface area contributed by atoms with Gasteiger partial charge in [0.05, 0.1) is 0 Å². The third-order valence-corrected chi connectivity index (χ3v) is 2.75. The van der Waals surface area contributed by atoms with Gasteiger partial charge >= 0.3 is 0 Å². The van der Waals surface area contributed by atoms with E-state index in [-0.39, 0.29) is 5.88 Å². The summed E-state index contributed by atoms with van der Waals surface area (Å²) in [6, 6.07) is 9.76. The van der Waals surface area contributed by atoms with Crippen molar-refractivity contribution in [2.24, 2.45) is 0 Å². The smallest absolute Gasteiger partial charge is 0.229 e. The van der Waals surface area contributed by atoms with E-state index in [2.05, 4.69) is 22.1 Å². The van der Waals surface area contributed by atoms with E-state index in [0.29, 0.717) is 5.95 Å². The molecule has 0 fully saturated rings. The molecule has 0 bridgehead atoms. The maximum Gasteiger partial charge on any atom is 0.229 e. The molecule has 1 N–H and O–H groups in total. The van der Waals surface area contributed by atoms with Crippen LogP contribution in [0.1, 0.15) is 11.1 Å². The molecular weight excluding hydrogens is 202 g/mol. The zero-order chi connectivity index (χ0) is 11.0. The second kappa shape index (κ2) is 3.48. The highest BCUT2D eigenvalue weighted by Crippen LogP contribution is 2.25. The van der Waals surface area contributed by atoms with Gasteiger partial charge in [-0.05, 0) is 11.1 Å². The summed E-state index contributed by atoms with van der Waals surface area (Å²) in [5.41, 5.74) is 2.60. The monoisotopic (exact) mass is 213 g/mol. The van der Waals surface area contributed by atoms with Crippen LogP contribution in [0.3, 0.4) is 0 Å². The molecule has 2 heterocycles. The van der Waals surface area contributed by atoms with Gasteiger partial charge in [-0.2, -0.15) is 4.98 Å². The van der Waals surface area contributed by atoms with Gasteiger partial charge in [-0.15, -0.1) is 0 Å². The molecular formula is C12H11N3O. The van der Waals surface area contributed by atoms with Crippen molar-refractivity contribution in [1.29, 1.82) is 0 Å². The number of aromatic hydroxyl groups is 1. The van der Waals surface area contributed by atoms with Crippen LogP contribution in [0.2, 0.25) is 0 Å². The van der Waals surface area contributed by atoms with E-state index >= 15 is 0 Å². The summed E-state index contributed by atoms with van der Waals surface area (Å²) in [5.74, 6) is 0.595. The van der Waals surface area contributed by atoms with Crippen LogP contribution in [0.25, 0.3) is 0 Å². The van der Waals surface area contributed by atoms with E-state index in [1.54, 1.807) is 6.20 Å². The quantitative estimate of drug-likeness (QED) is 0.783. The first-order valence-electron chi connectivity index (χ1n) is 5.17. The number of benzene rings is 1. The van der Waals surface area contributed by atoms with Crippen molar-refractivity contribution in [3.05, 3.63) is 47.7 Å². The lowest BCUT2D eigenvalue weighted by molar-refractivity contribution is 0.451. The number of hydrogen-bond acceptors (Lipinski definition) is 4. The van der Waals surface area contributed by atoms with Crippen molar-refractivity contribution >= 4 is 5.95 Å². The van der Waals surface area contributed by atoms with Crippen LogP contribution in [-0.4, -0.2) is 15.1 Å². The summed E-state index contributed by atoms with van der Waals surface area (Å²) < 4.78 is 0. The maximum atomic E-state index is 9.31. The van der Waals surface area contributed by atoms with E-state index in [4.69, 9.17) is 0 Å². The fraction of sp³-hybridized carbons (Fsp3) is 0.167. The molecule has 16 heavy (non-hydrogen) atoms.